The van der Waals surface area contributed by atoms with Gasteiger partial charge in [0.1, 0.15) is 5.92 Å². The lowest BCUT2D eigenvalue weighted by Gasteiger charge is -2.21. The molecule has 3 N–H and O–H groups in total. The van der Waals surface area contributed by atoms with Crippen LogP contribution in [0.5, 0.6) is 0 Å². The van der Waals surface area contributed by atoms with Crippen LogP contribution in [0.4, 0.5) is 0 Å². The molecular weight excluding hydrogens is 364 g/mol. The van der Waals surface area contributed by atoms with Crippen LogP contribution >= 0.6 is 0 Å². The van der Waals surface area contributed by atoms with Crippen LogP contribution in [-0.2, 0) is 4.79 Å². The second kappa shape index (κ2) is 19.4. The number of allylic oxidation sites excluding steroid dienone is 9. The molecule has 0 saturated carbocycles. The zero-order valence-electron chi connectivity index (χ0n) is 18.2. The summed E-state index contributed by atoms with van der Waals surface area (Å²) in [7, 11) is 0. The van der Waals surface area contributed by atoms with E-state index >= 15 is 0 Å². The lowest BCUT2D eigenvalue weighted by atomic mass is 9.87. The molecule has 0 fully saturated rings. The highest BCUT2D eigenvalue weighted by molar-refractivity contribution is 5.74. The average molecular weight is 405 g/mol. The van der Waals surface area contributed by atoms with Crippen LogP contribution in [0.2, 0.25) is 0 Å². The fourth-order valence-corrected chi connectivity index (χ4v) is 2.93. The minimum absolute atomic E-state index is 0.0738. The molecule has 0 aliphatic carbocycles. The predicted molar refractivity (Wildman–Crippen MR) is 122 cm³/mol. The van der Waals surface area contributed by atoms with Gasteiger partial charge in [0.15, 0.2) is 0 Å². The van der Waals surface area contributed by atoms with E-state index in [0.717, 1.165) is 44.1 Å². The van der Waals surface area contributed by atoms with Crippen LogP contribution in [0.25, 0.3) is 0 Å². The van der Waals surface area contributed by atoms with E-state index in [1.54, 1.807) is 0 Å². The number of unbranched alkanes of at least 4 members (excludes halogenated alkanes) is 1. The molecule has 0 aromatic heterocycles. The number of carboxylic acid groups (broad SMARTS) is 1. The lowest BCUT2D eigenvalue weighted by molar-refractivity contribution is -0.144. The van der Waals surface area contributed by atoms with Gasteiger partial charge in [-0.3, -0.25) is 4.79 Å². The summed E-state index contributed by atoms with van der Waals surface area (Å²) in [5, 5.41) is 28.7. The molecular formula is C25H40O4. The number of aliphatic hydroxyl groups is 2. The Morgan fingerprint density at radius 2 is 1.38 bits per heavy atom. The highest BCUT2D eigenvalue weighted by Crippen LogP contribution is 2.24. The standard InChI is InChI=1S/C25H40O4/c1-3-5-7-8-9-10-11-12-13-14-15-16-17-19-22(18-6-4-2)24(25(28)29)23(27)20-21-26/h5,7,9-10,12-13,15-16,19,23-24,26-27H,3-4,6,8,11,14,17-18,20-21H2,1-2H3,(H,28,29)/b7-5-,10-9-,13-12-,16-15-,22-19-/t23-,24?/m1/s1. The van der Waals surface area contributed by atoms with Gasteiger partial charge >= 0.3 is 5.97 Å². The Hall–Kier alpha value is -1.91. The van der Waals surface area contributed by atoms with Crippen molar-refractivity contribution in [2.75, 3.05) is 6.61 Å². The Morgan fingerprint density at radius 3 is 1.83 bits per heavy atom. The molecule has 0 aromatic carbocycles. The zero-order chi connectivity index (χ0) is 21.7. The van der Waals surface area contributed by atoms with Crippen LogP contribution in [0.3, 0.4) is 0 Å². The number of rotatable bonds is 17. The maximum absolute atomic E-state index is 11.6. The van der Waals surface area contributed by atoms with E-state index in [0.29, 0.717) is 12.8 Å². The van der Waals surface area contributed by atoms with Crippen molar-refractivity contribution in [3.8, 4) is 0 Å². The van der Waals surface area contributed by atoms with Crippen molar-refractivity contribution in [3.63, 3.8) is 0 Å². The van der Waals surface area contributed by atoms with Crippen molar-refractivity contribution in [2.45, 2.75) is 77.7 Å². The van der Waals surface area contributed by atoms with Gasteiger partial charge in [-0.25, -0.2) is 0 Å². The third-order valence-corrected chi connectivity index (χ3v) is 4.53. The predicted octanol–water partition coefficient (Wildman–Crippen LogP) is 5.74. The summed E-state index contributed by atoms with van der Waals surface area (Å²) in [6.07, 6.45) is 24.9. The molecule has 0 amide bonds. The molecule has 0 saturated heterocycles. The number of carbonyl (C=O) groups is 1. The van der Waals surface area contributed by atoms with E-state index in [4.69, 9.17) is 5.11 Å². The summed E-state index contributed by atoms with van der Waals surface area (Å²) in [6.45, 7) is 3.97. The second-order valence-corrected chi connectivity index (χ2v) is 7.01. The largest absolute Gasteiger partial charge is 0.481 e. The fourth-order valence-electron chi connectivity index (χ4n) is 2.93. The van der Waals surface area contributed by atoms with E-state index in [9.17, 15) is 15.0 Å². The van der Waals surface area contributed by atoms with Crippen molar-refractivity contribution in [1.29, 1.82) is 0 Å². The van der Waals surface area contributed by atoms with Gasteiger partial charge in [-0.15, -0.1) is 0 Å². The lowest BCUT2D eigenvalue weighted by Crippen LogP contribution is -2.30. The molecule has 0 heterocycles. The first-order valence-electron chi connectivity index (χ1n) is 10.9. The van der Waals surface area contributed by atoms with Crippen LogP contribution < -0.4 is 0 Å². The van der Waals surface area contributed by atoms with Crippen molar-refractivity contribution >= 4 is 5.97 Å². The maximum Gasteiger partial charge on any atom is 0.313 e. The smallest absolute Gasteiger partial charge is 0.313 e. The van der Waals surface area contributed by atoms with E-state index in [1.807, 2.05) is 12.2 Å². The molecule has 29 heavy (non-hydrogen) atoms. The maximum atomic E-state index is 11.6. The normalized spacial score (nSPS) is 15.2. The molecule has 0 radical (unpaired) electrons. The molecule has 1 unspecified atom stereocenters. The van der Waals surface area contributed by atoms with Crippen molar-refractivity contribution in [2.24, 2.45) is 5.92 Å². The van der Waals surface area contributed by atoms with Crippen LogP contribution in [0.15, 0.2) is 60.3 Å². The van der Waals surface area contributed by atoms with Gasteiger partial charge in [0.25, 0.3) is 0 Å². The highest BCUT2D eigenvalue weighted by atomic mass is 16.4. The van der Waals surface area contributed by atoms with Crippen molar-refractivity contribution in [3.05, 3.63) is 60.3 Å². The Bertz CT molecular complexity index is 555. The Labute approximate surface area is 177 Å². The number of hydrogen-bond donors (Lipinski definition) is 3. The number of aliphatic carboxylic acids is 1. The Morgan fingerprint density at radius 1 is 0.862 bits per heavy atom. The van der Waals surface area contributed by atoms with E-state index in [-0.39, 0.29) is 13.0 Å². The molecule has 0 spiro atoms. The van der Waals surface area contributed by atoms with Crippen molar-refractivity contribution in [1.82, 2.24) is 0 Å². The van der Waals surface area contributed by atoms with Crippen LogP contribution in [0.1, 0.15) is 71.6 Å². The van der Waals surface area contributed by atoms with Crippen LogP contribution in [0, 0.1) is 5.92 Å². The first kappa shape index (κ1) is 27.1. The molecule has 0 aliphatic rings. The third-order valence-electron chi connectivity index (χ3n) is 4.53. The van der Waals surface area contributed by atoms with E-state index in [1.165, 1.54) is 0 Å². The second-order valence-electron chi connectivity index (χ2n) is 7.01. The van der Waals surface area contributed by atoms with E-state index in [2.05, 4.69) is 56.4 Å². The Balaban J connectivity index is 4.55. The third kappa shape index (κ3) is 14.7. The molecule has 164 valence electrons. The molecule has 4 heteroatoms. The van der Waals surface area contributed by atoms with Crippen LogP contribution in [-0.4, -0.2) is 34.0 Å². The monoisotopic (exact) mass is 404 g/mol. The van der Waals surface area contributed by atoms with Gasteiger partial charge in [0.05, 0.1) is 6.10 Å². The SMILES string of the molecule is CC/C=C\C/C=C\C/C=C\C/C=C\C/C=C(/CCCC)C(C(=O)O)[C@H](O)CCO. The van der Waals surface area contributed by atoms with Gasteiger partial charge in [-0.2, -0.15) is 0 Å². The minimum Gasteiger partial charge on any atom is -0.481 e. The van der Waals surface area contributed by atoms with Gasteiger partial charge in [-0.05, 0) is 51.4 Å². The summed E-state index contributed by atoms with van der Waals surface area (Å²) in [6, 6.07) is 0. The summed E-state index contributed by atoms with van der Waals surface area (Å²) in [5.41, 5.74) is 0.753. The Kier molecular flexibility index (Phi) is 18.1. The first-order chi connectivity index (χ1) is 14.1. The summed E-state index contributed by atoms with van der Waals surface area (Å²) in [5.74, 6) is -1.97. The van der Waals surface area contributed by atoms with Gasteiger partial charge in [0, 0.05) is 6.61 Å². The minimum atomic E-state index is -1.06. The molecule has 4 nitrogen and oxygen atoms in total. The number of carboxylic acids is 1. The van der Waals surface area contributed by atoms with Gasteiger partial charge < -0.3 is 15.3 Å². The number of aliphatic hydroxyl groups excluding tert-OH is 2. The zero-order valence-corrected chi connectivity index (χ0v) is 18.2. The molecule has 0 aliphatic heterocycles. The quantitative estimate of drug-likeness (QED) is 0.270. The summed E-state index contributed by atoms with van der Waals surface area (Å²) < 4.78 is 0. The first-order valence-corrected chi connectivity index (χ1v) is 10.9. The molecule has 0 aromatic rings. The van der Waals surface area contributed by atoms with Crippen molar-refractivity contribution < 1.29 is 20.1 Å². The molecule has 0 rings (SSSR count). The van der Waals surface area contributed by atoms with Gasteiger partial charge in [0.2, 0.25) is 0 Å². The highest BCUT2D eigenvalue weighted by Gasteiger charge is 2.29. The number of hydrogen-bond acceptors (Lipinski definition) is 3. The summed E-state index contributed by atoms with van der Waals surface area (Å²) >= 11 is 0. The summed E-state index contributed by atoms with van der Waals surface area (Å²) in [4.78, 5) is 11.6. The van der Waals surface area contributed by atoms with E-state index < -0.39 is 18.0 Å². The topological polar surface area (TPSA) is 77.8 Å². The van der Waals surface area contributed by atoms with Gasteiger partial charge in [-0.1, -0.05) is 80.5 Å². The average Bonchev–Trinajstić information content (AvgIpc) is 2.69. The fraction of sp³-hybridized carbons (Fsp3) is 0.560. The molecule has 2 atom stereocenters. The molecule has 0 bridgehead atoms.